The lowest BCUT2D eigenvalue weighted by Gasteiger charge is -2.35. The first kappa shape index (κ1) is 17.2. The predicted molar refractivity (Wildman–Crippen MR) is 87.7 cm³/mol. The lowest BCUT2D eigenvalue weighted by molar-refractivity contribution is 0.222. The molecule has 1 saturated heterocycles. The molecule has 0 spiro atoms. The average molecular weight is 326 g/mol. The summed E-state index contributed by atoms with van der Waals surface area (Å²) in [6, 6.07) is 6.94. The number of methoxy groups -OCH3 is 1. The van der Waals surface area contributed by atoms with Crippen molar-refractivity contribution < 1.29 is 13.2 Å². The van der Waals surface area contributed by atoms with Crippen molar-refractivity contribution >= 4 is 10.0 Å². The van der Waals surface area contributed by atoms with Gasteiger partial charge in [-0.15, -0.1) is 0 Å². The highest BCUT2D eigenvalue weighted by atomic mass is 32.2. The van der Waals surface area contributed by atoms with Crippen LogP contribution in [0.1, 0.15) is 25.7 Å². The second-order valence-electron chi connectivity index (χ2n) is 6.01. The van der Waals surface area contributed by atoms with Gasteiger partial charge in [-0.05, 0) is 52.0 Å². The fourth-order valence-electron chi connectivity index (χ4n) is 2.94. The van der Waals surface area contributed by atoms with E-state index in [1.165, 1.54) is 7.11 Å². The lowest BCUT2D eigenvalue weighted by Crippen LogP contribution is -2.44. The van der Waals surface area contributed by atoms with E-state index in [4.69, 9.17) is 4.74 Å². The molecule has 0 aliphatic carbocycles. The summed E-state index contributed by atoms with van der Waals surface area (Å²) >= 11 is 0. The third-order valence-electron chi connectivity index (χ3n) is 4.14. The van der Waals surface area contributed by atoms with Gasteiger partial charge >= 0.3 is 0 Å². The molecule has 1 fully saturated rings. The van der Waals surface area contributed by atoms with Gasteiger partial charge in [0.2, 0.25) is 10.0 Å². The largest absolute Gasteiger partial charge is 0.495 e. The lowest BCUT2D eigenvalue weighted by atomic mass is 10.0. The van der Waals surface area contributed by atoms with Gasteiger partial charge in [0.15, 0.2) is 0 Å². The molecule has 0 saturated carbocycles. The van der Waals surface area contributed by atoms with E-state index in [9.17, 15) is 8.42 Å². The van der Waals surface area contributed by atoms with Crippen molar-refractivity contribution in [3.8, 4) is 5.75 Å². The smallest absolute Gasteiger partial charge is 0.247 e. The Balaban J connectivity index is 2.28. The van der Waals surface area contributed by atoms with E-state index in [2.05, 4.69) is 4.90 Å². The number of sulfonamides is 1. The van der Waals surface area contributed by atoms with Crippen LogP contribution in [0.2, 0.25) is 0 Å². The minimum Gasteiger partial charge on any atom is -0.495 e. The second kappa shape index (κ2) is 7.44. The highest BCUT2D eigenvalue weighted by Gasteiger charge is 2.34. The molecule has 1 aliphatic rings. The molecule has 22 heavy (non-hydrogen) atoms. The third-order valence-corrected chi connectivity index (χ3v) is 6.13. The van der Waals surface area contributed by atoms with Crippen molar-refractivity contribution in [2.75, 3.05) is 34.3 Å². The molecule has 5 nitrogen and oxygen atoms in total. The zero-order valence-electron chi connectivity index (χ0n) is 13.7. The minimum absolute atomic E-state index is 0.0751. The van der Waals surface area contributed by atoms with Gasteiger partial charge in [0.05, 0.1) is 7.11 Å². The third kappa shape index (κ3) is 3.80. The van der Waals surface area contributed by atoms with Crippen LogP contribution in [0, 0.1) is 0 Å². The van der Waals surface area contributed by atoms with Gasteiger partial charge in [0, 0.05) is 12.6 Å². The van der Waals surface area contributed by atoms with Crippen LogP contribution in [0.15, 0.2) is 29.2 Å². The molecule has 1 unspecified atom stereocenters. The molecule has 0 N–H and O–H groups in total. The number of piperidine rings is 1. The van der Waals surface area contributed by atoms with Gasteiger partial charge in [0.25, 0.3) is 0 Å². The Hall–Kier alpha value is -1.11. The van der Waals surface area contributed by atoms with Gasteiger partial charge in [-0.1, -0.05) is 18.6 Å². The number of para-hydroxylation sites is 1. The molecular formula is C16H26N2O3S. The normalized spacial score (nSPS) is 20.3. The van der Waals surface area contributed by atoms with E-state index in [1.54, 1.807) is 28.6 Å². The summed E-state index contributed by atoms with van der Waals surface area (Å²) in [6.07, 6.45) is 3.81. The quantitative estimate of drug-likeness (QED) is 0.804. The van der Waals surface area contributed by atoms with E-state index in [0.717, 1.165) is 32.2 Å². The Morgan fingerprint density at radius 3 is 2.68 bits per heavy atom. The van der Waals surface area contributed by atoms with Gasteiger partial charge in [-0.3, -0.25) is 0 Å². The topological polar surface area (TPSA) is 49.9 Å². The molecule has 124 valence electrons. The standard InChI is InChI=1S/C16H26N2O3S/c1-17(2)13-11-14-8-6-7-12-18(14)22(19,20)16-10-5-4-9-15(16)21-3/h4-5,9-10,14H,6-8,11-13H2,1-3H3. The molecule has 1 aromatic carbocycles. The van der Waals surface area contributed by atoms with Crippen molar-refractivity contribution in [2.45, 2.75) is 36.6 Å². The molecule has 0 aromatic heterocycles. The average Bonchev–Trinajstić information content (AvgIpc) is 2.53. The van der Waals surface area contributed by atoms with Crippen LogP contribution in [-0.4, -0.2) is 58.0 Å². The van der Waals surface area contributed by atoms with E-state index in [1.807, 2.05) is 14.1 Å². The van der Waals surface area contributed by atoms with E-state index in [0.29, 0.717) is 12.3 Å². The molecule has 0 radical (unpaired) electrons. The number of hydrogen-bond acceptors (Lipinski definition) is 4. The Morgan fingerprint density at radius 2 is 2.00 bits per heavy atom. The Kier molecular flexibility index (Phi) is 5.83. The molecule has 1 atom stereocenters. The number of rotatable bonds is 6. The highest BCUT2D eigenvalue weighted by Crippen LogP contribution is 2.31. The first-order chi connectivity index (χ1) is 10.5. The van der Waals surface area contributed by atoms with Crippen molar-refractivity contribution in [1.82, 2.24) is 9.21 Å². The van der Waals surface area contributed by atoms with Gasteiger partial charge in [-0.25, -0.2) is 8.42 Å². The fourth-order valence-corrected chi connectivity index (χ4v) is 4.83. The van der Waals surface area contributed by atoms with Crippen LogP contribution in [0.5, 0.6) is 5.75 Å². The van der Waals surface area contributed by atoms with Crippen molar-refractivity contribution in [1.29, 1.82) is 0 Å². The predicted octanol–water partition coefficient (Wildman–Crippen LogP) is 2.19. The highest BCUT2D eigenvalue weighted by molar-refractivity contribution is 7.89. The summed E-state index contributed by atoms with van der Waals surface area (Å²) in [6.45, 7) is 1.49. The van der Waals surface area contributed by atoms with Crippen molar-refractivity contribution in [2.24, 2.45) is 0 Å². The van der Waals surface area contributed by atoms with Gasteiger partial charge < -0.3 is 9.64 Å². The number of hydrogen-bond donors (Lipinski definition) is 0. The van der Waals surface area contributed by atoms with Gasteiger partial charge in [0.1, 0.15) is 10.6 Å². The van der Waals surface area contributed by atoms with Crippen LogP contribution >= 0.6 is 0 Å². The van der Waals surface area contributed by atoms with Crippen LogP contribution in [0.4, 0.5) is 0 Å². The van der Waals surface area contributed by atoms with Crippen LogP contribution in [-0.2, 0) is 10.0 Å². The fraction of sp³-hybridized carbons (Fsp3) is 0.625. The maximum absolute atomic E-state index is 13.1. The summed E-state index contributed by atoms with van der Waals surface area (Å²) in [4.78, 5) is 2.37. The first-order valence-corrected chi connectivity index (χ1v) is 9.20. The zero-order chi connectivity index (χ0) is 16.2. The number of benzene rings is 1. The van der Waals surface area contributed by atoms with Crippen LogP contribution in [0.25, 0.3) is 0 Å². The van der Waals surface area contributed by atoms with E-state index in [-0.39, 0.29) is 10.9 Å². The maximum Gasteiger partial charge on any atom is 0.247 e. The molecular weight excluding hydrogens is 300 g/mol. The van der Waals surface area contributed by atoms with Crippen LogP contribution in [0.3, 0.4) is 0 Å². The minimum atomic E-state index is -3.51. The Morgan fingerprint density at radius 1 is 1.27 bits per heavy atom. The van der Waals surface area contributed by atoms with Crippen molar-refractivity contribution in [3.05, 3.63) is 24.3 Å². The summed E-state index contributed by atoms with van der Waals surface area (Å²) in [5.74, 6) is 0.416. The molecule has 6 heteroatoms. The number of nitrogens with zero attached hydrogens (tertiary/aromatic N) is 2. The zero-order valence-corrected chi connectivity index (χ0v) is 14.5. The molecule has 0 amide bonds. The summed E-state index contributed by atoms with van der Waals surface area (Å²) in [5.41, 5.74) is 0. The van der Waals surface area contributed by atoms with Crippen molar-refractivity contribution in [3.63, 3.8) is 0 Å². The van der Waals surface area contributed by atoms with E-state index >= 15 is 0 Å². The summed E-state index contributed by atoms with van der Waals surface area (Å²) in [7, 11) is 2.03. The molecule has 0 bridgehead atoms. The SMILES string of the molecule is COc1ccccc1S(=O)(=O)N1CCCCC1CCN(C)C. The second-order valence-corrected chi connectivity index (χ2v) is 7.87. The maximum atomic E-state index is 13.1. The molecule has 1 heterocycles. The monoisotopic (exact) mass is 326 g/mol. The Labute approximate surface area is 133 Å². The Bertz CT molecular complexity index is 587. The summed E-state index contributed by atoms with van der Waals surface area (Å²) in [5, 5.41) is 0. The number of ether oxygens (including phenoxy) is 1. The molecule has 1 aromatic rings. The first-order valence-electron chi connectivity index (χ1n) is 7.76. The van der Waals surface area contributed by atoms with E-state index < -0.39 is 10.0 Å². The summed E-state index contributed by atoms with van der Waals surface area (Å²) < 4.78 is 33.0. The van der Waals surface area contributed by atoms with Gasteiger partial charge in [-0.2, -0.15) is 4.31 Å². The molecule has 1 aliphatic heterocycles. The van der Waals surface area contributed by atoms with Crippen LogP contribution < -0.4 is 4.74 Å². The molecule has 2 rings (SSSR count).